The summed E-state index contributed by atoms with van der Waals surface area (Å²) >= 11 is 11.1. The SMILES string of the molecule is O=C(O)c1cc(Cl)c(OCc2ccccc2)c([ClH+])c1. The van der Waals surface area contributed by atoms with E-state index in [0.717, 1.165) is 5.56 Å². The Balaban J connectivity index is 2.19. The van der Waals surface area contributed by atoms with Crippen LogP contribution in [0.2, 0.25) is 10.0 Å². The van der Waals surface area contributed by atoms with Crippen LogP contribution in [0.5, 0.6) is 5.75 Å². The summed E-state index contributed by atoms with van der Waals surface area (Å²) in [5.74, 6) is -0.729. The molecule has 0 aliphatic heterocycles. The molecule has 19 heavy (non-hydrogen) atoms. The second kappa shape index (κ2) is 5.95. The predicted octanol–water partition coefficient (Wildman–Crippen LogP) is 3.31. The highest BCUT2D eigenvalue weighted by Crippen LogP contribution is 2.31. The first kappa shape index (κ1) is 13.7. The number of rotatable bonds is 4. The van der Waals surface area contributed by atoms with Gasteiger partial charge < -0.3 is 9.84 Å². The Labute approximate surface area is 120 Å². The van der Waals surface area contributed by atoms with E-state index in [1.807, 2.05) is 30.3 Å². The summed E-state index contributed by atoms with van der Waals surface area (Å²) in [6, 6.07) is 12.3. The molecule has 0 aliphatic carbocycles. The summed E-state index contributed by atoms with van der Waals surface area (Å²) in [7, 11) is 0. The van der Waals surface area contributed by atoms with Crippen molar-refractivity contribution in [2.75, 3.05) is 0 Å². The van der Waals surface area contributed by atoms with Crippen LogP contribution in [0.3, 0.4) is 0 Å². The van der Waals surface area contributed by atoms with Crippen molar-refractivity contribution in [3.8, 4) is 5.75 Å². The third-order valence-corrected chi connectivity index (χ3v) is 3.07. The highest BCUT2D eigenvalue weighted by Gasteiger charge is 2.18. The van der Waals surface area contributed by atoms with Gasteiger partial charge in [0.2, 0.25) is 5.75 Å². The lowest BCUT2D eigenvalue weighted by Crippen LogP contribution is -2.01. The summed E-state index contributed by atoms with van der Waals surface area (Å²) in [5, 5.41) is 9.39. The van der Waals surface area contributed by atoms with Crippen molar-refractivity contribution in [3.63, 3.8) is 0 Å². The molecule has 0 aliphatic rings. The van der Waals surface area contributed by atoms with Gasteiger partial charge in [0.05, 0.1) is 10.6 Å². The molecule has 98 valence electrons. The Hall–Kier alpha value is -1.71. The van der Waals surface area contributed by atoms with E-state index in [-0.39, 0.29) is 10.6 Å². The quantitative estimate of drug-likeness (QED) is 0.942. The molecule has 0 aromatic heterocycles. The first-order valence-corrected chi connectivity index (χ1v) is 6.27. The monoisotopic (exact) mass is 297 g/mol. The lowest BCUT2D eigenvalue weighted by Gasteiger charge is -2.07. The van der Waals surface area contributed by atoms with E-state index in [0.29, 0.717) is 17.4 Å². The van der Waals surface area contributed by atoms with Gasteiger partial charge in [0, 0.05) is 6.07 Å². The van der Waals surface area contributed by atoms with Crippen molar-refractivity contribution in [2.45, 2.75) is 6.61 Å². The average Bonchev–Trinajstić information content (AvgIpc) is 2.38. The Morgan fingerprint density at radius 1 is 1.26 bits per heavy atom. The van der Waals surface area contributed by atoms with E-state index in [1.54, 1.807) is 0 Å². The second-order valence-electron chi connectivity index (χ2n) is 3.86. The first-order valence-electron chi connectivity index (χ1n) is 5.48. The van der Waals surface area contributed by atoms with Gasteiger partial charge in [-0.15, -0.1) is 0 Å². The molecule has 2 rings (SSSR count). The van der Waals surface area contributed by atoms with Gasteiger partial charge in [-0.05, 0) is 11.6 Å². The fourth-order valence-electron chi connectivity index (χ4n) is 1.56. The molecule has 2 aromatic rings. The minimum atomic E-state index is -1.07. The zero-order valence-corrected chi connectivity index (χ0v) is 11.4. The van der Waals surface area contributed by atoms with Crippen LogP contribution in [-0.2, 0) is 6.61 Å². The summed E-state index contributed by atoms with van der Waals surface area (Å²) in [6.45, 7) is 0.330. The zero-order valence-electron chi connectivity index (χ0n) is 9.80. The van der Waals surface area contributed by atoms with Gasteiger partial charge in [-0.2, -0.15) is 0 Å². The maximum Gasteiger partial charge on any atom is 0.335 e. The van der Waals surface area contributed by atoms with Crippen LogP contribution in [0.15, 0.2) is 42.5 Å². The molecule has 0 atom stereocenters. The predicted molar refractivity (Wildman–Crippen MR) is 69.7 cm³/mol. The van der Waals surface area contributed by atoms with E-state index < -0.39 is 5.97 Å². The molecule has 0 fully saturated rings. The van der Waals surface area contributed by atoms with Crippen LogP contribution in [-0.4, -0.2) is 11.1 Å². The Morgan fingerprint density at radius 2 is 1.95 bits per heavy atom. The molecular weight excluding hydrogens is 287 g/mol. The average molecular weight is 298 g/mol. The van der Waals surface area contributed by atoms with Crippen molar-refractivity contribution in [1.82, 2.24) is 0 Å². The van der Waals surface area contributed by atoms with E-state index in [4.69, 9.17) is 33.0 Å². The Morgan fingerprint density at radius 3 is 2.53 bits per heavy atom. The molecule has 0 saturated heterocycles. The zero-order chi connectivity index (χ0) is 13.8. The van der Waals surface area contributed by atoms with Crippen molar-refractivity contribution >= 4 is 17.6 Å². The summed E-state index contributed by atoms with van der Waals surface area (Å²) in [4.78, 5) is 10.9. The topological polar surface area (TPSA) is 46.5 Å². The second-order valence-corrected chi connectivity index (χ2v) is 4.71. The molecule has 1 N–H and O–H groups in total. The normalized spacial score (nSPS) is 10.2. The molecule has 0 bridgehead atoms. The summed E-state index contributed by atoms with van der Waals surface area (Å²) in [5.41, 5.74) is 1.04. The van der Waals surface area contributed by atoms with Gasteiger partial charge in [-0.25, -0.2) is 4.79 Å². The minimum absolute atomic E-state index is 0.0575. The van der Waals surface area contributed by atoms with Crippen LogP contribution < -0.4 is 4.74 Å². The Bertz CT molecular complexity index is 574. The molecular formula is C14H11Cl2O3+. The number of benzene rings is 2. The molecule has 0 amide bonds. The summed E-state index contributed by atoms with van der Waals surface area (Å²) in [6.07, 6.45) is 0. The number of carboxylic acids is 1. The van der Waals surface area contributed by atoms with Gasteiger partial charge in [0.1, 0.15) is 6.61 Å². The van der Waals surface area contributed by atoms with Gasteiger partial charge >= 0.3 is 5.97 Å². The van der Waals surface area contributed by atoms with Crippen molar-refractivity contribution in [1.29, 1.82) is 0 Å². The van der Waals surface area contributed by atoms with Crippen LogP contribution in [0, 0.1) is 11.6 Å². The molecule has 3 nitrogen and oxygen atoms in total. The molecule has 2 aromatic carbocycles. The van der Waals surface area contributed by atoms with E-state index in [9.17, 15) is 4.79 Å². The molecule has 0 heterocycles. The van der Waals surface area contributed by atoms with Crippen LogP contribution in [0.25, 0.3) is 0 Å². The third-order valence-electron chi connectivity index (χ3n) is 2.48. The highest BCUT2D eigenvalue weighted by atomic mass is 35.5. The fourth-order valence-corrected chi connectivity index (χ4v) is 2.19. The van der Waals surface area contributed by atoms with Gasteiger partial charge in [0.25, 0.3) is 5.02 Å². The van der Waals surface area contributed by atoms with E-state index in [1.165, 1.54) is 12.1 Å². The van der Waals surface area contributed by atoms with Gasteiger partial charge in [0.15, 0.2) is 11.6 Å². The van der Waals surface area contributed by atoms with Crippen molar-refractivity contribution in [2.24, 2.45) is 0 Å². The largest absolute Gasteiger partial charge is 0.482 e. The molecule has 0 saturated carbocycles. The lowest BCUT2D eigenvalue weighted by molar-refractivity contribution is -0.291. The number of carboxylic acid groups (broad SMARTS) is 1. The minimum Gasteiger partial charge on any atom is -0.482 e. The lowest BCUT2D eigenvalue weighted by atomic mass is 10.2. The van der Waals surface area contributed by atoms with Gasteiger partial charge in [-0.1, -0.05) is 41.9 Å². The number of hydrogen-bond donors (Lipinski definition) is 1. The molecule has 0 spiro atoms. The fraction of sp³-hybridized carbons (Fsp3) is 0.0714. The highest BCUT2D eigenvalue weighted by molar-refractivity contribution is 6.32. The molecule has 0 unspecified atom stereocenters. The van der Waals surface area contributed by atoms with Crippen molar-refractivity contribution in [3.05, 3.63) is 63.6 Å². The standard InChI is InChI=1S/C14H10Cl2O3/c15-11-6-10(14(17)18)7-12(16)13(11)19-8-9-4-2-1-3-5-9/h1-7,15H,8H2/p+1. The maximum atomic E-state index is 10.9. The van der Waals surface area contributed by atoms with Gasteiger partial charge in [-0.3, -0.25) is 0 Å². The number of carbonyl (C=O) groups is 1. The number of aromatic carboxylic acids is 1. The number of hydrogen-bond acceptors (Lipinski definition) is 2. The summed E-state index contributed by atoms with van der Waals surface area (Å²) < 4.78 is 5.56. The van der Waals surface area contributed by atoms with Crippen molar-refractivity contribution < 1.29 is 26.2 Å². The number of ether oxygens (including phenoxy) is 1. The van der Waals surface area contributed by atoms with Crippen LogP contribution >= 0.6 is 11.6 Å². The molecule has 5 heteroatoms. The maximum absolute atomic E-state index is 10.9. The van der Waals surface area contributed by atoms with Crippen LogP contribution in [0.4, 0.5) is 0 Å². The smallest absolute Gasteiger partial charge is 0.335 e. The van der Waals surface area contributed by atoms with E-state index >= 15 is 0 Å². The molecule has 0 radical (unpaired) electrons. The number of halogens is 2. The van der Waals surface area contributed by atoms with E-state index in [2.05, 4.69) is 0 Å². The first-order chi connectivity index (χ1) is 9.08. The third kappa shape index (κ3) is 3.40. The Kier molecular flexibility index (Phi) is 4.30. The van der Waals surface area contributed by atoms with Crippen LogP contribution in [0.1, 0.15) is 15.9 Å².